The van der Waals surface area contributed by atoms with Gasteiger partial charge in [-0.15, -0.1) is 0 Å². The van der Waals surface area contributed by atoms with Gasteiger partial charge in [-0.25, -0.2) is 24.9 Å². The lowest BCUT2D eigenvalue weighted by atomic mass is 10.1. The second kappa shape index (κ2) is 17.2. The van der Waals surface area contributed by atoms with Crippen LogP contribution in [0.2, 0.25) is 0 Å². The van der Waals surface area contributed by atoms with Crippen LogP contribution in [0.3, 0.4) is 0 Å². The van der Waals surface area contributed by atoms with Crippen molar-refractivity contribution in [3.63, 3.8) is 0 Å². The van der Waals surface area contributed by atoms with Gasteiger partial charge in [0.2, 0.25) is 0 Å². The first-order valence-corrected chi connectivity index (χ1v) is 15.2. The fourth-order valence-electron chi connectivity index (χ4n) is 4.48. The highest BCUT2D eigenvalue weighted by molar-refractivity contribution is 6.10. The molecule has 11 nitrogen and oxygen atoms in total. The molecule has 2 aromatic carbocycles. The molecule has 0 amide bonds. The van der Waals surface area contributed by atoms with E-state index in [1.54, 1.807) is 19.5 Å². The molecule has 1 aliphatic rings. The van der Waals surface area contributed by atoms with Crippen LogP contribution in [-0.4, -0.2) is 37.7 Å². The largest absolute Gasteiger partial charge is 0.451 e. The van der Waals surface area contributed by atoms with E-state index in [1.165, 1.54) is 12.7 Å². The summed E-state index contributed by atoms with van der Waals surface area (Å²) in [5, 5.41) is 0. The van der Waals surface area contributed by atoms with Crippen molar-refractivity contribution in [2.45, 2.75) is 49.0 Å². The Labute approximate surface area is 285 Å². The zero-order valence-corrected chi connectivity index (χ0v) is 27.7. The van der Waals surface area contributed by atoms with Crippen LogP contribution in [0.5, 0.6) is 0 Å². The molecule has 0 unspecified atom stereocenters. The van der Waals surface area contributed by atoms with Gasteiger partial charge in [0, 0.05) is 50.6 Å². The van der Waals surface area contributed by atoms with Crippen LogP contribution < -0.4 is 0 Å². The number of rotatable bonds is 4. The fraction of sp³-hybridized carbons (Fsp3) is 0.211. The van der Waals surface area contributed by atoms with Gasteiger partial charge in [-0.2, -0.15) is 0 Å². The van der Waals surface area contributed by atoms with Gasteiger partial charge in [0.15, 0.2) is 35.7 Å². The number of benzene rings is 2. The predicted molar refractivity (Wildman–Crippen MR) is 189 cm³/mol. The highest BCUT2D eigenvalue weighted by Gasteiger charge is 2.14. The van der Waals surface area contributed by atoms with Gasteiger partial charge in [0.25, 0.3) is 0 Å². The molecule has 0 fully saturated rings. The first kappa shape index (κ1) is 35.7. The summed E-state index contributed by atoms with van der Waals surface area (Å²) in [6.45, 7) is 11.9. The first-order chi connectivity index (χ1) is 23.3. The van der Waals surface area contributed by atoms with E-state index in [4.69, 9.17) is 22.1 Å². The minimum Gasteiger partial charge on any atom is -0.451 e. The van der Waals surface area contributed by atoms with Gasteiger partial charge >= 0.3 is 0 Å². The third-order valence-electron chi connectivity index (χ3n) is 6.83. The Hall–Kier alpha value is -6.10. The van der Waals surface area contributed by atoms with Crippen molar-refractivity contribution < 1.29 is 22.1 Å². The fourth-order valence-corrected chi connectivity index (χ4v) is 4.48. The zero-order chi connectivity index (χ0) is 33.9. The van der Waals surface area contributed by atoms with E-state index in [-0.39, 0.29) is 7.43 Å². The molecule has 0 bridgehead atoms. The maximum Gasteiger partial charge on any atom is 0.192 e. The average Bonchev–Trinajstić information content (AvgIpc) is 3.94. The highest BCUT2D eigenvalue weighted by atomic mass is 16.4. The number of nitrogens with zero attached hydrogens (tertiary/aromatic N) is 6. The van der Waals surface area contributed by atoms with Crippen molar-refractivity contribution in [3.05, 3.63) is 133 Å². The second-order valence-electron chi connectivity index (χ2n) is 10.5. The minimum absolute atomic E-state index is 0. The van der Waals surface area contributed by atoms with E-state index in [0.29, 0.717) is 29.1 Å². The Morgan fingerprint density at radius 2 is 1.20 bits per heavy atom. The van der Waals surface area contributed by atoms with Gasteiger partial charge in [0.05, 0.1) is 12.2 Å². The van der Waals surface area contributed by atoms with E-state index in [9.17, 15) is 0 Å². The molecule has 7 aromatic rings. The lowest BCUT2D eigenvalue weighted by Gasteiger charge is -2.00. The van der Waals surface area contributed by atoms with Crippen LogP contribution >= 0.6 is 0 Å². The molecule has 0 atom stereocenters. The van der Waals surface area contributed by atoms with Gasteiger partial charge in [-0.1, -0.05) is 74.2 Å². The summed E-state index contributed by atoms with van der Waals surface area (Å²) in [7, 11) is 0. The molecule has 49 heavy (non-hydrogen) atoms. The van der Waals surface area contributed by atoms with Crippen molar-refractivity contribution in [3.8, 4) is 34.0 Å². The topological polar surface area (TPSA) is 143 Å². The summed E-state index contributed by atoms with van der Waals surface area (Å²) in [6, 6.07) is 20.2. The van der Waals surface area contributed by atoms with Gasteiger partial charge in [0.1, 0.15) is 47.3 Å². The molecule has 0 saturated carbocycles. The van der Waals surface area contributed by atoms with E-state index in [0.717, 1.165) is 57.7 Å². The number of allylic oxidation sites excluding steroid dienone is 1. The van der Waals surface area contributed by atoms with Crippen molar-refractivity contribution in [1.82, 2.24) is 24.9 Å². The van der Waals surface area contributed by atoms with Crippen LogP contribution in [0.15, 0.2) is 119 Å². The van der Waals surface area contributed by atoms with Gasteiger partial charge in [-0.05, 0) is 13.8 Å². The Bertz CT molecular complexity index is 1990. The number of oxazole rings is 5. The molecular formula is C38H40N6O5. The number of aromatic nitrogens is 5. The molecule has 0 saturated heterocycles. The quantitative estimate of drug-likeness (QED) is 0.179. The summed E-state index contributed by atoms with van der Waals surface area (Å²) in [5.41, 5.74) is 7.36. The molecule has 1 aliphatic heterocycles. The van der Waals surface area contributed by atoms with Crippen LogP contribution in [0.1, 0.15) is 48.1 Å². The van der Waals surface area contributed by atoms with Crippen LogP contribution in [0.25, 0.3) is 39.5 Å². The first-order valence-electron chi connectivity index (χ1n) is 15.2. The molecule has 11 heteroatoms. The summed E-state index contributed by atoms with van der Waals surface area (Å²) in [5.74, 6) is 4.51. The van der Waals surface area contributed by atoms with Gasteiger partial charge in [-0.3, -0.25) is 4.99 Å². The molecule has 0 N–H and O–H groups in total. The lowest BCUT2D eigenvalue weighted by Crippen LogP contribution is -1.82. The monoisotopic (exact) mass is 660 g/mol. The maximum atomic E-state index is 5.74. The van der Waals surface area contributed by atoms with Crippen molar-refractivity contribution in [1.29, 1.82) is 0 Å². The van der Waals surface area contributed by atoms with Crippen molar-refractivity contribution in [2.75, 3.05) is 6.54 Å². The second-order valence-corrected chi connectivity index (χ2v) is 10.5. The summed E-state index contributed by atoms with van der Waals surface area (Å²) in [4.78, 5) is 24.7. The Morgan fingerprint density at radius 3 is 1.67 bits per heavy atom. The highest BCUT2D eigenvalue weighted by Crippen LogP contribution is 2.32. The molecule has 0 spiro atoms. The number of hydrogen-bond acceptors (Lipinski definition) is 11. The van der Waals surface area contributed by atoms with Crippen LogP contribution in [-0.2, 0) is 0 Å². The summed E-state index contributed by atoms with van der Waals surface area (Å²) in [6.07, 6.45) is 9.93. The molecule has 252 valence electrons. The minimum atomic E-state index is 0. The molecule has 0 aliphatic carbocycles. The SMILES string of the molecule is C.Cc1nc(-c2ccccc2)c(-c2ccccc2)o1.Cc1nc(-c2cocn2)co1.Cc1nc(C)c(C)o1.Cc1nc(C2=CCN=C2)co1. The third-order valence-corrected chi connectivity index (χ3v) is 6.83. The van der Waals surface area contributed by atoms with E-state index in [1.807, 2.05) is 108 Å². The summed E-state index contributed by atoms with van der Waals surface area (Å²) < 4.78 is 25.7. The maximum absolute atomic E-state index is 5.74. The normalized spacial score (nSPS) is 11.3. The number of aliphatic imine (C=N–C) groups is 1. The van der Waals surface area contributed by atoms with Gasteiger partial charge < -0.3 is 22.1 Å². The number of aryl methyl sites for hydroxylation is 6. The Balaban J connectivity index is 0.000000153. The standard InChI is InChI=1S/C16H13NO.C8H8N2O.C7H6N2O2.C6H9NO.CH4/c1-12-17-15(13-8-4-2-5-9-13)16(18-12)14-10-6-3-7-11-14;1-6-10-8(5-11-6)7-2-3-9-4-7;1-5-9-7(3-11-5)6-2-10-4-8-6;1-4-5(2)8-6(3)7-4;/h2-11H,1H3;2,4-5H,3H2,1H3;2-4H,1H3;1-3H3;1H4. The summed E-state index contributed by atoms with van der Waals surface area (Å²) >= 11 is 0. The van der Waals surface area contributed by atoms with E-state index >= 15 is 0 Å². The lowest BCUT2D eigenvalue weighted by molar-refractivity contribution is 0.493. The van der Waals surface area contributed by atoms with Crippen molar-refractivity contribution >= 4 is 11.8 Å². The zero-order valence-electron chi connectivity index (χ0n) is 27.7. The Kier molecular flexibility index (Phi) is 12.5. The number of hydrogen-bond donors (Lipinski definition) is 0. The molecule has 5 aromatic heterocycles. The average molecular weight is 661 g/mol. The van der Waals surface area contributed by atoms with Crippen LogP contribution in [0, 0.1) is 41.5 Å². The van der Waals surface area contributed by atoms with Crippen molar-refractivity contribution in [2.24, 2.45) is 4.99 Å². The molecular weight excluding hydrogens is 620 g/mol. The third kappa shape index (κ3) is 9.94. The predicted octanol–water partition coefficient (Wildman–Crippen LogP) is 9.64. The Morgan fingerprint density at radius 1 is 0.592 bits per heavy atom. The van der Waals surface area contributed by atoms with Crippen LogP contribution in [0.4, 0.5) is 0 Å². The smallest absolute Gasteiger partial charge is 0.192 e. The van der Waals surface area contributed by atoms with E-state index < -0.39 is 0 Å². The molecule has 6 heterocycles. The van der Waals surface area contributed by atoms with E-state index in [2.05, 4.69) is 29.9 Å². The molecule has 0 radical (unpaired) electrons. The molecule has 8 rings (SSSR count).